The first-order chi connectivity index (χ1) is 19.2. The van der Waals surface area contributed by atoms with Crippen LogP contribution < -0.4 is 19.1 Å². The van der Waals surface area contributed by atoms with Crippen molar-refractivity contribution in [2.45, 2.75) is 19.9 Å². The highest BCUT2D eigenvalue weighted by atomic mass is 32.1. The molecule has 0 radical (unpaired) electrons. The molecule has 11 heteroatoms. The van der Waals surface area contributed by atoms with Crippen molar-refractivity contribution >= 4 is 39.9 Å². The van der Waals surface area contributed by atoms with Crippen LogP contribution in [-0.2, 0) is 14.3 Å². The standard InChI is InChI=1S/C29H28N2O8S/c1-7-12-39-28(35)26-16(3)30-29(40-26)31-23(19-14-18(36-4)9-11-21(19)38-6)22(25(33)27(31)34)24(32)17-8-10-20(37-5)15(2)13-17/h7-11,13-14,23,32H,1,12H2,2-6H3/t23-/m0/s1. The second-order valence-electron chi connectivity index (χ2n) is 8.76. The van der Waals surface area contributed by atoms with Gasteiger partial charge < -0.3 is 24.1 Å². The Labute approximate surface area is 235 Å². The molecule has 10 nitrogen and oxygen atoms in total. The highest BCUT2D eigenvalue weighted by Gasteiger charge is 2.49. The number of ether oxygens (including phenoxy) is 4. The number of anilines is 1. The third-order valence-electron chi connectivity index (χ3n) is 6.35. The highest BCUT2D eigenvalue weighted by molar-refractivity contribution is 7.17. The Balaban J connectivity index is 1.97. The van der Waals surface area contributed by atoms with Crippen LogP contribution in [0.3, 0.4) is 0 Å². The van der Waals surface area contributed by atoms with Crippen LogP contribution in [-0.4, -0.2) is 55.7 Å². The molecule has 0 bridgehead atoms. The van der Waals surface area contributed by atoms with E-state index >= 15 is 0 Å². The summed E-state index contributed by atoms with van der Waals surface area (Å²) in [6.07, 6.45) is 1.43. The number of benzene rings is 2. The number of Topliss-reactive ketones (excluding diaryl/α,β-unsaturated/α-hetero) is 1. The van der Waals surface area contributed by atoms with Gasteiger partial charge in [-0.2, -0.15) is 0 Å². The Hall–Kier alpha value is -4.64. The SMILES string of the molecule is C=CCOC(=O)c1sc(N2C(=O)C(=O)C(=C(O)c3ccc(OC)c(C)c3)[C@@H]2c2cc(OC)ccc2OC)nc1C. The van der Waals surface area contributed by atoms with Crippen molar-refractivity contribution in [2.75, 3.05) is 32.8 Å². The van der Waals surface area contributed by atoms with Gasteiger partial charge in [-0.25, -0.2) is 9.78 Å². The predicted octanol–water partition coefficient (Wildman–Crippen LogP) is 4.75. The molecule has 40 heavy (non-hydrogen) atoms. The lowest BCUT2D eigenvalue weighted by atomic mass is 9.94. The largest absolute Gasteiger partial charge is 0.507 e. The number of methoxy groups -OCH3 is 3. The van der Waals surface area contributed by atoms with Gasteiger partial charge in [-0.1, -0.05) is 24.0 Å². The van der Waals surface area contributed by atoms with Gasteiger partial charge in [0.05, 0.1) is 32.6 Å². The normalized spacial score (nSPS) is 16.1. The molecular formula is C29H28N2O8S. The molecule has 1 aromatic heterocycles. The first-order valence-electron chi connectivity index (χ1n) is 12.1. The molecule has 2 aromatic carbocycles. The first-order valence-corrected chi connectivity index (χ1v) is 12.9. The van der Waals surface area contributed by atoms with E-state index in [9.17, 15) is 19.5 Å². The lowest BCUT2D eigenvalue weighted by Crippen LogP contribution is -2.29. The van der Waals surface area contributed by atoms with Gasteiger partial charge >= 0.3 is 11.9 Å². The molecule has 1 amide bonds. The smallest absolute Gasteiger partial charge is 0.350 e. The van der Waals surface area contributed by atoms with Crippen LogP contribution in [0.25, 0.3) is 5.76 Å². The summed E-state index contributed by atoms with van der Waals surface area (Å²) in [5, 5.41) is 11.6. The average Bonchev–Trinajstić information content (AvgIpc) is 3.46. The van der Waals surface area contributed by atoms with Gasteiger partial charge in [-0.3, -0.25) is 14.5 Å². The van der Waals surface area contributed by atoms with E-state index in [1.54, 1.807) is 50.2 Å². The lowest BCUT2D eigenvalue weighted by molar-refractivity contribution is -0.132. The summed E-state index contributed by atoms with van der Waals surface area (Å²) in [6, 6.07) is 8.68. The van der Waals surface area contributed by atoms with Crippen LogP contribution in [0, 0.1) is 13.8 Å². The number of hydrogen-bond donors (Lipinski definition) is 1. The molecule has 3 aromatic rings. The van der Waals surface area contributed by atoms with Crippen LogP contribution in [0.5, 0.6) is 17.2 Å². The van der Waals surface area contributed by atoms with E-state index in [0.717, 1.165) is 21.8 Å². The van der Waals surface area contributed by atoms with Gasteiger partial charge in [0.25, 0.3) is 5.78 Å². The fourth-order valence-electron chi connectivity index (χ4n) is 4.43. The van der Waals surface area contributed by atoms with Crippen molar-refractivity contribution in [1.29, 1.82) is 0 Å². The molecule has 0 spiro atoms. The summed E-state index contributed by atoms with van der Waals surface area (Å²) in [7, 11) is 4.46. The van der Waals surface area contributed by atoms with Gasteiger partial charge in [-0.15, -0.1) is 0 Å². The van der Waals surface area contributed by atoms with Gasteiger partial charge in [0.15, 0.2) is 5.13 Å². The summed E-state index contributed by atoms with van der Waals surface area (Å²) in [4.78, 5) is 45.5. The number of carbonyl (C=O) groups excluding carboxylic acids is 3. The number of hydrogen-bond acceptors (Lipinski definition) is 10. The number of aromatic nitrogens is 1. The first kappa shape index (κ1) is 28.4. The Kier molecular flexibility index (Phi) is 8.24. The van der Waals surface area contributed by atoms with Crippen molar-refractivity contribution in [3.63, 3.8) is 0 Å². The van der Waals surface area contributed by atoms with E-state index in [1.165, 1.54) is 27.4 Å². The number of carbonyl (C=O) groups is 3. The fourth-order valence-corrected chi connectivity index (χ4v) is 5.42. The molecule has 1 N–H and O–H groups in total. The third-order valence-corrected chi connectivity index (χ3v) is 7.49. The van der Waals surface area contributed by atoms with Gasteiger partial charge in [0, 0.05) is 11.1 Å². The number of ketones is 1. The molecule has 1 atom stereocenters. The number of nitrogens with zero attached hydrogens (tertiary/aromatic N) is 2. The number of esters is 1. The molecule has 2 heterocycles. The summed E-state index contributed by atoms with van der Waals surface area (Å²) < 4.78 is 21.5. The van der Waals surface area contributed by atoms with Gasteiger partial charge in [0.1, 0.15) is 40.5 Å². The Morgan fingerprint density at radius 1 is 1.07 bits per heavy atom. The number of rotatable bonds is 9. The second kappa shape index (κ2) is 11.6. The highest BCUT2D eigenvalue weighted by Crippen LogP contribution is 2.47. The maximum atomic E-state index is 13.6. The van der Waals surface area contributed by atoms with E-state index in [2.05, 4.69) is 11.6 Å². The fraction of sp³-hybridized carbons (Fsp3) is 0.241. The zero-order valence-corrected chi connectivity index (χ0v) is 23.5. The summed E-state index contributed by atoms with van der Waals surface area (Å²) in [5.41, 5.74) is 1.54. The molecule has 208 valence electrons. The molecule has 0 aliphatic carbocycles. The molecule has 0 unspecified atom stereocenters. The van der Waals surface area contributed by atoms with Crippen molar-refractivity contribution in [2.24, 2.45) is 0 Å². The van der Waals surface area contributed by atoms with Crippen molar-refractivity contribution in [3.05, 3.63) is 81.9 Å². The zero-order valence-electron chi connectivity index (χ0n) is 22.6. The van der Waals surface area contributed by atoms with Crippen molar-refractivity contribution in [1.82, 2.24) is 4.98 Å². The van der Waals surface area contributed by atoms with E-state index in [-0.39, 0.29) is 27.9 Å². The average molecular weight is 565 g/mol. The second-order valence-corrected chi connectivity index (χ2v) is 9.74. The maximum Gasteiger partial charge on any atom is 0.350 e. The van der Waals surface area contributed by atoms with Crippen molar-refractivity contribution in [3.8, 4) is 17.2 Å². The zero-order chi connectivity index (χ0) is 29.1. The number of aryl methyl sites for hydroxylation is 2. The molecule has 0 saturated carbocycles. The minimum absolute atomic E-state index is 0.00168. The monoisotopic (exact) mass is 564 g/mol. The van der Waals surface area contributed by atoms with Crippen LogP contribution in [0.1, 0.15) is 38.1 Å². The van der Waals surface area contributed by atoms with Crippen LogP contribution in [0.2, 0.25) is 0 Å². The molecule has 4 rings (SSSR count). The van der Waals surface area contributed by atoms with E-state index < -0.39 is 23.7 Å². The quantitative estimate of drug-likeness (QED) is 0.129. The summed E-state index contributed by atoms with van der Waals surface area (Å²) in [5.74, 6) is -1.51. The molecular weight excluding hydrogens is 536 g/mol. The molecule has 1 aliphatic heterocycles. The Morgan fingerprint density at radius 3 is 2.40 bits per heavy atom. The van der Waals surface area contributed by atoms with E-state index in [0.29, 0.717) is 34.1 Å². The minimum atomic E-state index is -1.16. The predicted molar refractivity (Wildman–Crippen MR) is 149 cm³/mol. The lowest BCUT2D eigenvalue weighted by Gasteiger charge is -2.25. The minimum Gasteiger partial charge on any atom is -0.507 e. The third kappa shape index (κ3) is 5.03. The Bertz CT molecular complexity index is 1540. The van der Waals surface area contributed by atoms with Gasteiger partial charge in [-0.05, 0) is 55.8 Å². The maximum absolute atomic E-state index is 13.6. The number of thiazole rings is 1. The van der Waals surface area contributed by atoms with Crippen LogP contribution >= 0.6 is 11.3 Å². The number of aliphatic hydroxyl groups excluding tert-OH is 1. The Morgan fingerprint density at radius 2 is 1.77 bits per heavy atom. The molecule has 1 saturated heterocycles. The van der Waals surface area contributed by atoms with Gasteiger partial charge in [0.2, 0.25) is 0 Å². The molecule has 1 fully saturated rings. The molecule has 1 aliphatic rings. The van der Waals surface area contributed by atoms with E-state index in [4.69, 9.17) is 18.9 Å². The topological polar surface area (TPSA) is 124 Å². The van der Waals surface area contributed by atoms with Crippen molar-refractivity contribution < 1.29 is 38.4 Å². The number of aliphatic hydroxyl groups is 1. The number of amides is 1. The van der Waals surface area contributed by atoms with Crippen LogP contribution in [0.15, 0.2) is 54.6 Å². The summed E-state index contributed by atoms with van der Waals surface area (Å²) in [6.45, 7) is 6.93. The van der Waals surface area contributed by atoms with Crippen LogP contribution in [0.4, 0.5) is 5.13 Å². The van der Waals surface area contributed by atoms with E-state index in [1.807, 2.05) is 0 Å². The summed E-state index contributed by atoms with van der Waals surface area (Å²) >= 11 is 0.900.